The average molecular weight is 593 g/mol. The smallest absolute Gasteiger partial charge is 0.229 e. The maximum absolute atomic E-state index is 12.8. The molecule has 2 aliphatic heterocycles. The van der Waals surface area contributed by atoms with Crippen LogP contribution in [0.15, 0.2) is 51.7 Å². The molecule has 42 heavy (non-hydrogen) atoms. The van der Waals surface area contributed by atoms with Gasteiger partial charge in [0.25, 0.3) is 0 Å². The Labute approximate surface area is 238 Å². The van der Waals surface area contributed by atoms with Crippen molar-refractivity contribution in [3.05, 3.63) is 52.7 Å². The minimum Gasteiger partial charge on any atom is -0.507 e. The van der Waals surface area contributed by atoms with Gasteiger partial charge in [0.05, 0.1) is 19.8 Å². The predicted octanol–water partition coefficient (Wildman–Crippen LogP) is -0.795. The molecule has 5 rings (SSSR count). The van der Waals surface area contributed by atoms with Gasteiger partial charge in [-0.05, 0) is 31.2 Å². The molecule has 1 unspecified atom stereocenters. The van der Waals surface area contributed by atoms with Crippen LogP contribution in [0.25, 0.3) is 22.3 Å². The van der Waals surface area contributed by atoms with Gasteiger partial charge in [-0.3, -0.25) is 4.79 Å². The second-order valence-electron chi connectivity index (χ2n) is 10.2. The highest BCUT2D eigenvalue weighted by molar-refractivity contribution is 5.86. The molecule has 14 nitrogen and oxygen atoms in total. The Bertz CT molecular complexity index is 1440. The van der Waals surface area contributed by atoms with Crippen LogP contribution >= 0.6 is 0 Å². The summed E-state index contributed by atoms with van der Waals surface area (Å²) in [5, 5.41) is 71.9. The van der Waals surface area contributed by atoms with Crippen molar-refractivity contribution in [3.8, 4) is 28.6 Å². The summed E-state index contributed by atoms with van der Waals surface area (Å²) in [4.78, 5) is 12.8. The number of aromatic hydroxyl groups is 1. The molecule has 2 saturated heterocycles. The van der Waals surface area contributed by atoms with Crippen molar-refractivity contribution >= 4 is 11.0 Å². The molecule has 0 saturated carbocycles. The average Bonchev–Trinajstić information content (AvgIpc) is 2.97. The van der Waals surface area contributed by atoms with E-state index in [-0.39, 0.29) is 22.5 Å². The van der Waals surface area contributed by atoms with Crippen molar-refractivity contribution in [2.45, 2.75) is 68.3 Å². The fourth-order valence-corrected chi connectivity index (χ4v) is 4.84. The van der Waals surface area contributed by atoms with Crippen molar-refractivity contribution in [1.29, 1.82) is 0 Å². The first-order chi connectivity index (χ1) is 20.0. The third kappa shape index (κ3) is 5.81. The number of ether oxygens (including phenoxy) is 5. The van der Waals surface area contributed by atoms with E-state index in [4.69, 9.17) is 28.1 Å². The Hall–Kier alpha value is -3.31. The Morgan fingerprint density at radius 1 is 0.786 bits per heavy atom. The minimum atomic E-state index is -1.76. The summed E-state index contributed by atoms with van der Waals surface area (Å²) in [6.45, 7) is 0.984. The van der Waals surface area contributed by atoms with Crippen LogP contribution in [0.5, 0.6) is 17.2 Å². The number of aliphatic hydroxyl groups is 6. The monoisotopic (exact) mass is 592 g/mol. The Morgan fingerprint density at radius 2 is 1.45 bits per heavy atom. The van der Waals surface area contributed by atoms with Crippen molar-refractivity contribution in [3.63, 3.8) is 0 Å². The summed E-state index contributed by atoms with van der Waals surface area (Å²) in [6.07, 6.45) is -14.8. The third-order valence-electron chi connectivity index (χ3n) is 7.31. The van der Waals surface area contributed by atoms with Crippen LogP contribution in [0.3, 0.4) is 0 Å². The molecule has 1 aromatic heterocycles. The molecule has 0 spiro atoms. The van der Waals surface area contributed by atoms with Gasteiger partial charge in [-0.1, -0.05) is 0 Å². The molecule has 0 bridgehead atoms. The normalized spacial score (nSPS) is 33.4. The first-order valence-electron chi connectivity index (χ1n) is 13.1. The summed E-state index contributed by atoms with van der Waals surface area (Å²) >= 11 is 0. The van der Waals surface area contributed by atoms with E-state index < -0.39 is 79.2 Å². The lowest BCUT2D eigenvalue weighted by atomic mass is 9.98. The van der Waals surface area contributed by atoms with Crippen LogP contribution < -0.4 is 14.9 Å². The quantitative estimate of drug-likeness (QED) is 0.179. The largest absolute Gasteiger partial charge is 0.507 e. The lowest BCUT2D eigenvalue weighted by molar-refractivity contribution is -0.318. The van der Waals surface area contributed by atoms with Crippen molar-refractivity contribution in [2.24, 2.45) is 0 Å². The molecule has 7 N–H and O–H groups in total. The molecule has 2 fully saturated rings. The number of benzene rings is 2. The number of fused-ring (bicyclic) bond motifs is 1. The fourth-order valence-electron chi connectivity index (χ4n) is 4.84. The first kappa shape index (κ1) is 30.2. The number of hydrogen-bond acceptors (Lipinski definition) is 14. The van der Waals surface area contributed by atoms with Crippen molar-refractivity contribution < 1.29 is 63.8 Å². The number of phenols is 1. The van der Waals surface area contributed by atoms with E-state index in [1.54, 1.807) is 24.3 Å². The van der Waals surface area contributed by atoms with Gasteiger partial charge in [0, 0.05) is 23.8 Å². The molecule has 2 aliphatic rings. The number of phenolic OH excluding ortho intramolecular Hbond substituents is 1. The number of methoxy groups -OCH3 is 1. The zero-order valence-electron chi connectivity index (χ0n) is 22.5. The zero-order chi connectivity index (χ0) is 30.3. The Balaban J connectivity index is 1.35. The number of aliphatic hydroxyl groups excluding tert-OH is 6. The number of rotatable bonds is 7. The molecule has 14 heteroatoms. The van der Waals surface area contributed by atoms with Gasteiger partial charge in [-0.2, -0.15) is 0 Å². The molecular weight excluding hydrogens is 560 g/mol. The third-order valence-corrected chi connectivity index (χ3v) is 7.31. The minimum absolute atomic E-state index is 0.0348. The van der Waals surface area contributed by atoms with Crippen molar-refractivity contribution in [1.82, 2.24) is 0 Å². The molecule has 10 atom stereocenters. The summed E-state index contributed by atoms with van der Waals surface area (Å²) in [6, 6.07) is 10.4. The van der Waals surface area contributed by atoms with Crippen LogP contribution in [0.2, 0.25) is 0 Å². The number of hydrogen-bond donors (Lipinski definition) is 7. The summed E-state index contributed by atoms with van der Waals surface area (Å²) < 4.78 is 33.2. The highest BCUT2D eigenvalue weighted by Gasteiger charge is 2.47. The predicted molar refractivity (Wildman–Crippen MR) is 142 cm³/mol. The van der Waals surface area contributed by atoms with Crippen LogP contribution in [0, 0.1) is 0 Å². The maximum Gasteiger partial charge on any atom is 0.229 e. The lowest BCUT2D eigenvalue weighted by Gasteiger charge is -2.42. The molecule has 0 amide bonds. The molecule has 228 valence electrons. The van der Waals surface area contributed by atoms with Crippen molar-refractivity contribution in [2.75, 3.05) is 13.7 Å². The lowest BCUT2D eigenvalue weighted by Crippen LogP contribution is -2.61. The SMILES string of the molecule is COc1ccc(-c2cc(=O)c3c(O)cc(OC4O[C@H](CO[C@@H]5O[C@@H](C)[C@H](O)[C@@H](O)[C@H]5O)[C@@H](O)[C@H](O)[C@H]4O)cc3o2)cc1. The fraction of sp³-hybridized carbons (Fsp3) is 0.464. The van der Waals surface area contributed by atoms with Gasteiger partial charge in [0.2, 0.25) is 6.29 Å². The standard InChI is InChI=1S/C28H32O14/c1-11-21(31)23(33)25(35)27(39-11)38-10-19-22(32)24(34)26(36)28(42-19)40-14-7-15(29)20-16(30)9-17(41-18(20)8-14)12-3-5-13(37-2)6-4-12/h3-9,11,19,21-29,31-36H,10H2,1-2H3/t11-,19+,21-,22+,23+,24-,25+,26+,27+,28?/m0/s1. The molecule has 3 aromatic rings. The van der Waals surface area contributed by atoms with E-state index >= 15 is 0 Å². The second-order valence-corrected chi connectivity index (χ2v) is 10.2. The zero-order valence-corrected chi connectivity index (χ0v) is 22.5. The summed E-state index contributed by atoms with van der Waals surface area (Å²) in [7, 11) is 1.52. The van der Waals surface area contributed by atoms with Crippen LogP contribution in [-0.4, -0.2) is 111 Å². The Kier molecular flexibility index (Phi) is 8.71. The van der Waals surface area contributed by atoms with E-state index in [1.807, 2.05) is 0 Å². The van der Waals surface area contributed by atoms with Gasteiger partial charge < -0.3 is 63.8 Å². The highest BCUT2D eigenvalue weighted by Crippen LogP contribution is 2.34. The molecule has 2 aromatic carbocycles. The van der Waals surface area contributed by atoms with E-state index in [9.17, 15) is 40.5 Å². The van der Waals surface area contributed by atoms with Gasteiger partial charge in [-0.25, -0.2) is 0 Å². The maximum atomic E-state index is 12.8. The van der Waals surface area contributed by atoms with E-state index in [0.717, 1.165) is 6.07 Å². The van der Waals surface area contributed by atoms with E-state index in [2.05, 4.69) is 0 Å². The molecule has 3 heterocycles. The van der Waals surface area contributed by atoms with Crippen LogP contribution in [0.4, 0.5) is 0 Å². The van der Waals surface area contributed by atoms with Gasteiger partial charge in [-0.15, -0.1) is 0 Å². The molecule has 0 aliphatic carbocycles. The van der Waals surface area contributed by atoms with E-state index in [1.165, 1.54) is 26.2 Å². The topological polar surface area (TPSA) is 218 Å². The molecule has 0 radical (unpaired) electrons. The highest BCUT2D eigenvalue weighted by atomic mass is 16.7. The summed E-state index contributed by atoms with van der Waals surface area (Å²) in [5.74, 6) is 0.238. The van der Waals surface area contributed by atoms with Crippen LogP contribution in [-0.2, 0) is 14.2 Å². The van der Waals surface area contributed by atoms with E-state index in [0.29, 0.717) is 11.3 Å². The van der Waals surface area contributed by atoms with Gasteiger partial charge >= 0.3 is 0 Å². The second kappa shape index (κ2) is 12.1. The van der Waals surface area contributed by atoms with Crippen LogP contribution in [0.1, 0.15) is 6.92 Å². The summed E-state index contributed by atoms with van der Waals surface area (Å²) in [5.41, 5.74) is 0.0115. The van der Waals surface area contributed by atoms with Gasteiger partial charge in [0.1, 0.15) is 76.7 Å². The molecular formula is C28H32O14. The first-order valence-corrected chi connectivity index (χ1v) is 13.1. The Morgan fingerprint density at radius 3 is 2.14 bits per heavy atom. The van der Waals surface area contributed by atoms with Gasteiger partial charge in [0.15, 0.2) is 11.7 Å².